The molecule has 1 nitrogen and oxygen atoms in total. The Labute approximate surface area is 49.7 Å². The number of halogens is 3. The number of hydrogen-bond acceptors (Lipinski definition) is 1. The lowest BCUT2D eigenvalue weighted by atomic mass is 10.7. The van der Waals surface area contributed by atoms with E-state index < -0.39 is 11.1 Å². The van der Waals surface area contributed by atoms with Crippen molar-refractivity contribution in [1.82, 2.24) is 0 Å². The summed E-state index contributed by atoms with van der Waals surface area (Å²) in [4.78, 5) is 9.61. The van der Waals surface area contributed by atoms with E-state index in [2.05, 4.69) is 11.6 Å². The Bertz CT molecular complexity index is 110. The minimum atomic E-state index is -1.17. The molecular weight excluding hydrogens is 142 g/mol. The summed E-state index contributed by atoms with van der Waals surface area (Å²) in [5.74, 6) is -1.14. The lowest BCUT2D eigenvalue weighted by Gasteiger charge is -1.76. The van der Waals surface area contributed by atoms with Gasteiger partial charge in [0, 0.05) is 5.54 Å². The topological polar surface area (TPSA) is 17.1 Å². The van der Waals surface area contributed by atoms with Crippen molar-refractivity contribution in [3.8, 4) is 0 Å². The molecule has 0 saturated carbocycles. The molecule has 0 radical (unpaired) electrons. The van der Waals surface area contributed by atoms with Gasteiger partial charge in [0.1, 0.15) is 0 Å². The van der Waals surface area contributed by atoms with Crippen LogP contribution in [0.5, 0.6) is 0 Å². The summed E-state index contributed by atoms with van der Waals surface area (Å²) in [5, 5.41) is -1.17. The Balaban J connectivity index is 3.82. The third kappa shape index (κ3) is 2.60. The van der Waals surface area contributed by atoms with Gasteiger partial charge in [-0.25, -0.2) is 4.39 Å². The third-order valence-corrected chi connectivity index (χ3v) is 0.656. The molecule has 0 fully saturated rings. The van der Waals surface area contributed by atoms with Crippen molar-refractivity contribution >= 4 is 28.4 Å². The summed E-state index contributed by atoms with van der Waals surface area (Å²) in [6.07, 6.45) is 0. The summed E-state index contributed by atoms with van der Waals surface area (Å²) >= 11 is 9.27. The molecule has 0 bridgehead atoms. The first-order chi connectivity index (χ1) is 3.18. The SMILES string of the molecule is O=C(Cl)/C(F)=C\Cl. The Morgan fingerprint density at radius 3 is 2.14 bits per heavy atom. The highest BCUT2D eigenvalue weighted by atomic mass is 35.5. The molecule has 0 spiro atoms. The van der Waals surface area contributed by atoms with Gasteiger partial charge in [-0.1, -0.05) is 11.6 Å². The quantitative estimate of drug-likeness (QED) is 0.404. The molecule has 0 aliphatic rings. The molecule has 0 heterocycles. The molecule has 0 aromatic rings. The highest BCUT2D eigenvalue weighted by molar-refractivity contribution is 6.67. The third-order valence-electron chi connectivity index (χ3n) is 0.284. The summed E-state index contributed by atoms with van der Waals surface area (Å²) in [6.45, 7) is 0. The highest BCUT2D eigenvalue weighted by Crippen LogP contribution is 2.01. The van der Waals surface area contributed by atoms with Crippen LogP contribution in [0.15, 0.2) is 11.4 Å². The fraction of sp³-hybridized carbons (Fsp3) is 0. The van der Waals surface area contributed by atoms with Gasteiger partial charge < -0.3 is 0 Å². The van der Waals surface area contributed by atoms with Crippen molar-refractivity contribution in [1.29, 1.82) is 0 Å². The van der Waals surface area contributed by atoms with Crippen LogP contribution in [-0.4, -0.2) is 5.24 Å². The van der Waals surface area contributed by atoms with Gasteiger partial charge in [0.25, 0.3) is 5.24 Å². The Morgan fingerprint density at radius 2 is 2.14 bits per heavy atom. The van der Waals surface area contributed by atoms with Gasteiger partial charge in [-0.15, -0.1) is 0 Å². The number of carbonyl (C=O) groups is 1. The summed E-state index contributed by atoms with van der Waals surface area (Å²) < 4.78 is 11.5. The molecule has 0 rings (SSSR count). The minimum absolute atomic E-state index is 0.481. The van der Waals surface area contributed by atoms with Gasteiger partial charge in [-0.2, -0.15) is 0 Å². The van der Waals surface area contributed by atoms with Crippen molar-refractivity contribution in [2.75, 3.05) is 0 Å². The van der Waals surface area contributed by atoms with E-state index in [1.54, 1.807) is 0 Å². The van der Waals surface area contributed by atoms with E-state index in [0.717, 1.165) is 0 Å². The fourth-order valence-electron chi connectivity index (χ4n) is 0.0429. The number of carbonyl (C=O) groups excluding carboxylic acids is 1. The molecule has 4 heteroatoms. The fourth-order valence-corrected chi connectivity index (χ4v) is 0.252. The second-order valence-corrected chi connectivity index (χ2v) is 1.29. The van der Waals surface area contributed by atoms with Gasteiger partial charge >= 0.3 is 0 Å². The zero-order chi connectivity index (χ0) is 5.86. The molecule has 0 atom stereocenters. The van der Waals surface area contributed by atoms with Crippen LogP contribution in [0.25, 0.3) is 0 Å². The van der Waals surface area contributed by atoms with Gasteiger partial charge in [0.2, 0.25) is 0 Å². The number of allylic oxidation sites excluding steroid dienone is 1. The predicted molar refractivity (Wildman–Crippen MR) is 25.9 cm³/mol. The average Bonchev–Trinajstić information content (AvgIpc) is 1.65. The zero-order valence-corrected chi connectivity index (χ0v) is 4.63. The first-order valence-corrected chi connectivity index (χ1v) is 2.15. The standard InChI is InChI=1S/C3HCl2FO/c4-1-2(6)3(5)7/h1H/b2-1+. The van der Waals surface area contributed by atoms with Crippen molar-refractivity contribution in [3.05, 3.63) is 11.4 Å². The largest absolute Gasteiger partial charge is 0.281 e. The molecule has 0 aliphatic heterocycles. The van der Waals surface area contributed by atoms with Crippen molar-refractivity contribution in [2.24, 2.45) is 0 Å². The van der Waals surface area contributed by atoms with Gasteiger partial charge in [-0.3, -0.25) is 4.79 Å². The maximum Gasteiger partial charge on any atom is 0.281 e. The van der Waals surface area contributed by atoms with E-state index in [1.165, 1.54) is 0 Å². The molecule has 40 valence electrons. The van der Waals surface area contributed by atoms with Crippen LogP contribution < -0.4 is 0 Å². The minimum Gasteiger partial charge on any atom is -0.273 e. The summed E-state index contributed by atoms with van der Waals surface area (Å²) in [7, 11) is 0. The second kappa shape index (κ2) is 2.99. The van der Waals surface area contributed by atoms with Crippen LogP contribution in [0.3, 0.4) is 0 Å². The number of rotatable bonds is 1. The summed E-state index contributed by atoms with van der Waals surface area (Å²) in [6, 6.07) is 0. The molecular formula is C3HCl2FO. The molecule has 0 aliphatic carbocycles. The van der Waals surface area contributed by atoms with Crippen LogP contribution in [0, 0.1) is 0 Å². The lowest BCUT2D eigenvalue weighted by Crippen LogP contribution is -1.81. The predicted octanol–water partition coefficient (Wildman–Crippen LogP) is 1.80. The molecule has 0 amide bonds. The molecule has 0 saturated heterocycles. The van der Waals surface area contributed by atoms with Gasteiger partial charge in [0.15, 0.2) is 5.83 Å². The Kier molecular flexibility index (Phi) is 2.96. The van der Waals surface area contributed by atoms with Crippen LogP contribution in [0.4, 0.5) is 4.39 Å². The van der Waals surface area contributed by atoms with E-state index in [0.29, 0.717) is 5.54 Å². The summed E-state index contributed by atoms with van der Waals surface area (Å²) in [5.41, 5.74) is 0.481. The highest BCUT2D eigenvalue weighted by Gasteiger charge is 2.00. The monoisotopic (exact) mass is 142 g/mol. The smallest absolute Gasteiger partial charge is 0.273 e. The van der Waals surface area contributed by atoms with Crippen molar-refractivity contribution < 1.29 is 9.18 Å². The van der Waals surface area contributed by atoms with Crippen LogP contribution >= 0.6 is 23.2 Å². The van der Waals surface area contributed by atoms with Gasteiger partial charge in [0.05, 0.1) is 0 Å². The van der Waals surface area contributed by atoms with E-state index in [9.17, 15) is 9.18 Å². The Morgan fingerprint density at radius 1 is 1.71 bits per heavy atom. The first kappa shape index (κ1) is 6.92. The van der Waals surface area contributed by atoms with Crippen LogP contribution in [0.1, 0.15) is 0 Å². The maximum absolute atomic E-state index is 11.5. The molecule has 0 aromatic carbocycles. The van der Waals surface area contributed by atoms with E-state index >= 15 is 0 Å². The molecule has 7 heavy (non-hydrogen) atoms. The molecule has 0 N–H and O–H groups in total. The van der Waals surface area contributed by atoms with E-state index in [4.69, 9.17) is 11.6 Å². The van der Waals surface area contributed by atoms with Crippen LogP contribution in [-0.2, 0) is 4.79 Å². The lowest BCUT2D eigenvalue weighted by molar-refractivity contribution is -0.109. The van der Waals surface area contributed by atoms with Crippen LogP contribution in [0.2, 0.25) is 0 Å². The number of hydrogen-bond donors (Lipinski definition) is 0. The molecule has 0 unspecified atom stereocenters. The molecule has 0 aromatic heterocycles. The maximum atomic E-state index is 11.5. The van der Waals surface area contributed by atoms with Gasteiger partial charge in [-0.05, 0) is 11.6 Å². The first-order valence-electron chi connectivity index (χ1n) is 1.34. The zero-order valence-electron chi connectivity index (χ0n) is 3.12. The Hall–Kier alpha value is -0.0800. The second-order valence-electron chi connectivity index (χ2n) is 0.731. The van der Waals surface area contributed by atoms with E-state index in [-0.39, 0.29) is 0 Å². The van der Waals surface area contributed by atoms with Crippen molar-refractivity contribution in [3.63, 3.8) is 0 Å². The van der Waals surface area contributed by atoms with E-state index in [1.807, 2.05) is 0 Å². The van der Waals surface area contributed by atoms with Crippen molar-refractivity contribution in [2.45, 2.75) is 0 Å². The normalized spacial score (nSPS) is 11.6. The average molecular weight is 143 g/mol.